The van der Waals surface area contributed by atoms with Crippen molar-refractivity contribution in [1.29, 1.82) is 0 Å². The van der Waals surface area contributed by atoms with Crippen LogP contribution in [-0.4, -0.2) is 57.9 Å². The number of thioether (sulfide) groups is 1. The number of fused-ring (bicyclic) bond motifs is 1. The number of benzene rings is 2. The van der Waals surface area contributed by atoms with Crippen LogP contribution in [0, 0.1) is 11.6 Å². The lowest BCUT2D eigenvalue weighted by atomic mass is 10.1. The summed E-state index contributed by atoms with van der Waals surface area (Å²) in [5.41, 5.74) is 0.935. The van der Waals surface area contributed by atoms with Gasteiger partial charge in [0.25, 0.3) is 5.91 Å². The first kappa shape index (κ1) is 23.0. The first-order chi connectivity index (χ1) is 16.8. The van der Waals surface area contributed by atoms with E-state index in [2.05, 4.69) is 15.4 Å². The Morgan fingerprint density at radius 1 is 1.17 bits per heavy atom. The van der Waals surface area contributed by atoms with Crippen LogP contribution in [0.3, 0.4) is 0 Å². The molecule has 2 aromatic carbocycles. The maximum Gasteiger partial charge on any atom is 0.291 e. The fourth-order valence-electron chi connectivity index (χ4n) is 3.89. The van der Waals surface area contributed by atoms with Crippen molar-refractivity contribution in [2.24, 2.45) is 0 Å². The Bertz CT molecular complexity index is 1350. The van der Waals surface area contributed by atoms with Gasteiger partial charge in [-0.05, 0) is 12.1 Å². The van der Waals surface area contributed by atoms with E-state index in [1.165, 1.54) is 51.8 Å². The Balaban J connectivity index is 1.30. The number of carbonyl (C=O) groups is 3. The fraction of sp³-hybridized carbons (Fsp3) is 0.261. The number of nitrogens with zero attached hydrogens (tertiary/aromatic N) is 5. The van der Waals surface area contributed by atoms with Crippen molar-refractivity contribution in [2.75, 3.05) is 29.1 Å². The van der Waals surface area contributed by atoms with Crippen LogP contribution >= 0.6 is 11.8 Å². The van der Waals surface area contributed by atoms with E-state index in [4.69, 9.17) is 0 Å². The predicted molar refractivity (Wildman–Crippen MR) is 124 cm³/mol. The number of rotatable bonds is 5. The molecule has 180 valence electrons. The zero-order chi connectivity index (χ0) is 24.7. The molecule has 0 radical (unpaired) electrons. The number of nitrogens with one attached hydrogen (secondary N) is 1. The van der Waals surface area contributed by atoms with Crippen molar-refractivity contribution < 1.29 is 23.2 Å². The van der Waals surface area contributed by atoms with Gasteiger partial charge in [-0.3, -0.25) is 14.4 Å². The van der Waals surface area contributed by atoms with Gasteiger partial charge < -0.3 is 15.1 Å². The normalized spacial score (nSPS) is 17.6. The van der Waals surface area contributed by atoms with Crippen molar-refractivity contribution >= 4 is 40.9 Å². The van der Waals surface area contributed by atoms with Crippen LogP contribution < -0.4 is 15.1 Å². The summed E-state index contributed by atoms with van der Waals surface area (Å²) in [6.45, 7) is 0.542. The second kappa shape index (κ2) is 9.10. The second-order valence-electron chi connectivity index (χ2n) is 8.16. The molecule has 0 bridgehead atoms. The molecule has 9 nitrogen and oxygen atoms in total. The van der Waals surface area contributed by atoms with Gasteiger partial charge >= 0.3 is 0 Å². The number of amides is 3. The first-order valence-electron chi connectivity index (χ1n) is 10.8. The molecule has 12 heteroatoms. The van der Waals surface area contributed by atoms with Crippen LogP contribution in [0.25, 0.3) is 0 Å². The van der Waals surface area contributed by atoms with Gasteiger partial charge in [0.05, 0.1) is 17.9 Å². The Hall–Kier alpha value is -3.80. The lowest BCUT2D eigenvalue weighted by Gasteiger charge is -2.31. The average Bonchev–Trinajstić information content (AvgIpc) is 3.27. The maximum absolute atomic E-state index is 14.7. The molecule has 0 spiro atoms. The topological polar surface area (TPSA) is 100 Å². The summed E-state index contributed by atoms with van der Waals surface area (Å²) in [4.78, 5) is 44.8. The molecular formula is C23H20F2N6O3S. The SMILES string of the molecule is CN1C(=O)[C@@H](NC(=O)c2ncn(Cc3ccccc3F)n2)CSc2cc(N3CCC3=O)c(F)cc21. The second-order valence-corrected chi connectivity index (χ2v) is 9.22. The Kier molecular flexibility index (Phi) is 5.97. The summed E-state index contributed by atoms with van der Waals surface area (Å²) in [5.74, 6) is -2.19. The molecule has 1 saturated heterocycles. The quantitative estimate of drug-likeness (QED) is 0.542. The van der Waals surface area contributed by atoms with E-state index in [0.717, 1.165) is 0 Å². The zero-order valence-corrected chi connectivity index (χ0v) is 19.4. The third-order valence-electron chi connectivity index (χ3n) is 5.90. The van der Waals surface area contributed by atoms with Gasteiger partial charge in [-0.1, -0.05) is 18.2 Å². The summed E-state index contributed by atoms with van der Waals surface area (Å²) in [5, 5.41) is 6.73. The third-order valence-corrected chi connectivity index (χ3v) is 7.04. The van der Waals surface area contributed by atoms with Gasteiger partial charge in [-0.25, -0.2) is 18.4 Å². The summed E-state index contributed by atoms with van der Waals surface area (Å²) in [6.07, 6.45) is 1.69. The smallest absolute Gasteiger partial charge is 0.291 e. The van der Waals surface area contributed by atoms with Crippen LogP contribution in [0.4, 0.5) is 20.2 Å². The lowest BCUT2D eigenvalue weighted by molar-refractivity contribution is -0.122. The predicted octanol–water partition coefficient (Wildman–Crippen LogP) is 2.21. The minimum absolute atomic E-state index is 0.0939. The summed E-state index contributed by atoms with van der Waals surface area (Å²) in [6, 6.07) is 8.10. The molecule has 3 aromatic rings. The molecule has 2 aliphatic heterocycles. The summed E-state index contributed by atoms with van der Waals surface area (Å²) >= 11 is 1.28. The molecule has 2 aliphatic rings. The number of β-lactam (4-membered cyclic amide) rings is 1. The van der Waals surface area contributed by atoms with Gasteiger partial charge in [0, 0.05) is 42.3 Å². The molecule has 1 fully saturated rings. The van der Waals surface area contributed by atoms with Crippen LogP contribution in [0.2, 0.25) is 0 Å². The van der Waals surface area contributed by atoms with E-state index < -0.39 is 29.5 Å². The van der Waals surface area contributed by atoms with Crippen LogP contribution in [0.5, 0.6) is 0 Å². The van der Waals surface area contributed by atoms with Gasteiger partial charge in [-0.2, -0.15) is 0 Å². The van der Waals surface area contributed by atoms with Crippen LogP contribution in [-0.2, 0) is 16.1 Å². The largest absolute Gasteiger partial charge is 0.337 e. The molecule has 0 unspecified atom stereocenters. The van der Waals surface area contributed by atoms with E-state index in [0.29, 0.717) is 29.1 Å². The van der Waals surface area contributed by atoms with Crippen molar-refractivity contribution in [1.82, 2.24) is 20.1 Å². The molecular weight excluding hydrogens is 478 g/mol. The number of hydrogen-bond acceptors (Lipinski definition) is 6. The van der Waals surface area contributed by atoms with Gasteiger partial charge in [-0.15, -0.1) is 16.9 Å². The summed E-state index contributed by atoms with van der Waals surface area (Å²) < 4.78 is 29.9. The molecule has 1 N–H and O–H groups in total. The average molecular weight is 499 g/mol. The molecule has 5 rings (SSSR count). The highest BCUT2D eigenvalue weighted by Crippen LogP contribution is 2.39. The van der Waals surface area contributed by atoms with Gasteiger partial charge in [0.15, 0.2) is 0 Å². The van der Waals surface area contributed by atoms with Crippen molar-refractivity contribution in [3.05, 3.63) is 65.7 Å². The number of carbonyl (C=O) groups excluding carboxylic acids is 3. The number of likely N-dealkylation sites (N-methyl/N-ethyl adjacent to an activating group) is 1. The van der Waals surface area contributed by atoms with Crippen LogP contribution in [0.1, 0.15) is 22.6 Å². The van der Waals surface area contributed by atoms with Crippen molar-refractivity contribution in [3.63, 3.8) is 0 Å². The maximum atomic E-state index is 14.7. The lowest BCUT2D eigenvalue weighted by Crippen LogP contribution is -2.48. The van der Waals surface area contributed by atoms with Crippen LogP contribution in [0.15, 0.2) is 47.6 Å². The highest BCUT2D eigenvalue weighted by molar-refractivity contribution is 7.99. The highest BCUT2D eigenvalue weighted by atomic mass is 32.2. The Morgan fingerprint density at radius 2 is 1.97 bits per heavy atom. The van der Waals surface area contributed by atoms with E-state index in [9.17, 15) is 23.2 Å². The fourth-order valence-corrected chi connectivity index (χ4v) is 5.00. The highest BCUT2D eigenvalue weighted by Gasteiger charge is 2.34. The Labute approximate surface area is 203 Å². The standard InChI is InChI=1S/C23H20F2N6O3S/c1-29-18-8-15(25)17(31-7-6-20(31)32)9-19(18)35-11-16(23(29)34)27-22(33)21-26-12-30(28-21)10-13-4-2-3-5-14(13)24/h2-5,8-9,12,16H,6-7,10-11H2,1H3,(H,27,33)/t16-/m0/s1. The molecule has 3 heterocycles. The number of anilines is 2. The molecule has 0 saturated carbocycles. The molecule has 0 aliphatic carbocycles. The van der Waals surface area contributed by atoms with E-state index in [1.54, 1.807) is 24.3 Å². The number of halogens is 2. The summed E-state index contributed by atoms with van der Waals surface area (Å²) in [7, 11) is 1.50. The van der Waals surface area contributed by atoms with E-state index in [1.807, 2.05) is 0 Å². The minimum atomic E-state index is -0.916. The molecule has 3 amide bonds. The monoisotopic (exact) mass is 498 g/mol. The van der Waals surface area contributed by atoms with E-state index >= 15 is 0 Å². The zero-order valence-electron chi connectivity index (χ0n) is 18.6. The number of aromatic nitrogens is 3. The molecule has 35 heavy (non-hydrogen) atoms. The first-order valence-corrected chi connectivity index (χ1v) is 11.8. The Morgan fingerprint density at radius 3 is 2.69 bits per heavy atom. The van der Waals surface area contributed by atoms with Gasteiger partial charge in [0.1, 0.15) is 24.0 Å². The molecule has 1 atom stereocenters. The number of hydrogen-bond donors (Lipinski definition) is 1. The van der Waals surface area contributed by atoms with Crippen molar-refractivity contribution in [2.45, 2.75) is 23.9 Å². The van der Waals surface area contributed by atoms with Crippen molar-refractivity contribution in [3.8, 4) is 0 Å². The van der Waals surface area contributed by atoms with Gasteiger partial charge in [0.2, 0.25) is 17.6 Å². The molecule has 1 aromatic heterocycles. The third kappa shape index (κ3) is 4.36. The van der Waals surface area contributed by atoms with E-state index in [-0.39, 0.29) is 29.7 Å². The minimum Gasteiger partial charge on any atom is -0.337 e.